The Morgan fingerprint density at radius 3 is 2.80 bits per heavy atom. The lowest BCUT2D eigenvalue weighted by molar-refractivity contribution is -0.0256. The summed E-state index contributed by atoms with van der Waals surface area (Å²) in [4.78, 5) is 11.5. The minimum Gasteiger partial charge on any atom is -0.368 e. The lowest BCUT2D eigenvalue weighted by Crippen LogP contribution is -2.37. The second kappa shape index (κ2) is 6.16. The number of morpholine rings is 1. The van der Waals surface area contributed by atoms with Crippen LogP contribution in [0.5, 0.6) is 0 Å². The predicted molar refractivity (Wildman–Crippen MR) is 79.6 cm³/mol. The highest BCUT2D eigenvalue weighted by molar-refractivity contribution is 5.12. The summed E-state index contributed by atoms with van der Waals surface area (Å²) in [6.45, 7) is 11.8. The summed E-state index contributed by atoms with van der Waals surface area (Å²) in [6, 6.07) is 2.04. The molecule has 1 N–H and O–H groups in total. The van der Waals surface area contributed by atoms with Crippen molar-refractivity contribution in [3.8, 4) is 0 Å². The molecule has 1 atom stereocenters. The Kier molecular flexibility index (Phi) is 4.73. The quantitative estimate of drug-likeness (QED) is 0.911. The van der Waals surface area contributed by atoms with Crippen LogP contribution in [0.2, 0.25) is 0 Å². The number of aromatic nitrogens is 2. The van der Waals surface area contributed by atoms with Crippen LogP contribution in [0.15, 0.2) is 6.07 Å². The van der Waals surface area contributed by atoms with E-state index in [4.69, 9.17) is 4.74 Å². The fourth-order valence-electron chi connectivity index (χ4n) is 2.18. The molecule has 5 heteroatoms. The number of rotatable bonds is 3. The van der Waals surface area contributed by atoms with Crippen LogP contribution in [0.3, 0.4) is 0 Å². The van der Waals surface area contributed by atoms with Crippen LogP contribution < -0.4 is 5.32 Å². The molecule has 5 nitrogen and oxygen atoms in total. The van der Waals surface area contributed by atoms with Crippen LogP contribution in [0.4, 0.5) is 0 Å². The first-order valence-corrected chi connectivity index (χ1v) is 7.23. The predicted octanol–water partition coefficient (Wildman–Crippen LogP) is 1.68. The van der Waals surface area contributed by atoms with E-state index in [9.17, 15) is 0 Å². The largest absolute Gasteiger partial charge is 0.368 e. The first kappa shape index (κ1) is 15.4. The van der Waals surface area contributed by atoms with Crippen molar-refractivity contribution in [2.24, 2.45) is 0 Å². The van der Waals surface area contributed by atoms with E-state index in [1.165, 1.54) is 0 Å². The van der Waals surface area contributed by atoms with Gasteiger partial charge >= 0.3 is 0 Å². The fraction of sp³-hybridized carbons (Fsp3) is 0.733. The number of hydrogen-bond donors (Lipinski definition) is 1. The van der Waals surface area contributed by atoms with Gasteiger partial charge in [0, 0.05) is 30.9 Å². The van der Waals surface area contributed by atoms with Gasteiger partial charge in [0.1, 0.15) is 6.10 Å². The van der Waals surface area contributed by atoms with E-state index in [1.54, 1.807) is 0 Å². The molecule has 112 valence electrons. The van der Waals surface area contributed by atoms with Crippen molar-refractivity contribution < 1.29 is 4.74 Å². The minimum absolute atomic E-state index is 0.0120. The van der Waals surface area contributed by atoms with Crippen LogP contribution >= 0.6 is 0 Å². The van der Waals surface area contributed by atoms with Crippen molar-refractivity contribution in [3.63, 3.8) is 0 Å². The summed E-state index contributed by atoms with van der Waals surface area (Å²) in [5.74, 6) is 0.808. The maximum atomic E-state index is 5.80. The Balaban J connectivity index is 2.11. The van der Waals surface area contributed by atoms with Gasteiger partial charge in [-0.2, -0.15) is 0 Å². The first-order valence-electron chi connectivity index (χ1n) is 7.23. The Labute approximate surface area is 121 Å². The van der Waals surface area contributed by atoms with Crippen molar-refractivity contribution in [1.82, 2.24) is 20.2 Å². The molecule has 1 fully saturated rings. The Bertz CT molecular complexity index is 456. The Morgan fingerprint density at radius 2 is 2.15 bits per heavy atom. The molecule has 0 amide bonds. The van der Waals surface area contributed by atoms with Gasteiger partial charge in [-0.05, 0) is 40.8 Å². The van der Waals surface area contributed by atoms with Crippen LogP contribution in [-0.2, 0) is 11.3 Å². The molecule has 0 aromatic carbocycles. The van der Waals surface area contributed by atoms with Crippen molar-refractivity contribution in [2.75, 3.05) is 26.7 Å². The van der Waals surface area contributed by atoms with Gasteiger partial charge in [0.05, 0.1) is 12.3 Å². The molecule has 1 aliphatic rings. The van der Waals surface area contributed by atoms with Crippen molar-refractivity contribution in [1.29, 1.82) is 0 Å². The summed E-state index contributed by atoms with van der Waals surface area (Å²) >= 11 is 0. The van der Waals surface area contributed by atoms with Gasteiger partial charge in [0.2, 0.25) is 0 Å². The van der Waals surface area contributed by atoms with Gasteiger partial charge in [-0.15, -0.1) is 0 Å². The van der Waals surface area contributed by atoms with E-state index in [-0.39, 0.29) is 11.6 Å². The molecule has 1 aromatic rings. The van der Waals surface area contributed by atoms with Crippen LogP contribution in [0.1, 0.15) is 44.1 Å². The molecule has 0 spiro atoms. The number of ether oxygens (including phenoxy) is 1. The van der Waals surface area contributed by atoms with Crippen molar-refractivity contribution in [2.45, 2.75) is 45.9 Å². The normalized spacial score (nSPS) is 21.1. The summed E-state index contributed by atoms with van der Waals surface area (Å²) in [5.41, 5.74) is 2.11. The molecule has 1 saturated heterocycles. The first-order chi connectivity index (χ1) is 9.33. The number of aryl methyl sites for hydroxylation is 1. The zero-order valence-electron chi connectivity index (χ0n) is 13.2. The lowest BCUT2D eigenvalue weighted by atomic mass is 10.1. The van der Waals surface area contributed by atoms with Crippen molar-refractivity contribution >= 4 is 0 Å². The van der Waals surface area contributed by atoms with E-state index in [0.29, 0.717) is 0 Å². The van der Waals surface area contributed by atoms with Crippen molar-refractivity contribution in [3.05, 3.63) is 23.3 Å². The molecule has 2 heterocycles. The van der Waals surface area contributed by atoms with E-state index in [1.807, 2.05) is 13.0 Å². The average molecular weight is 278 g/mol. The smallest absolute Gasteiger partial charge is 0.158 e. The highest BCUT2D eigenvalue weighted by Gasteiger charge is 2.22. The average Bonchev–Trinajstić information content (AvgIpc) is 2.35. The molecule has 1 aliphatic heterocycles. The molecule has 0 radical (unpaired) electrons. The second-order valence-corrected chi connectivity index (χ2v) is 6.58. The Hall–Kier alpha value is -1.04. The van der Waals surface area contributed by atoms with Crippen LogP contribution in [-0.4, -0.2) is 47.2 Å². The summed E-state index contributed by atoms with van der Waals surface area (Å²) in [6.07, 6.45) is -0.0120. The molecular formula is C15H26N4O. The summed E-state index contributed by atoms with van der Waals surface area (Å²) in [5, 5.41) is 3.46. The zero-order valence-corrected chi connectivity index (χ0v) is 13.2. The van der Waals surface area contributed by atoms with Gasteiger partial charge in [-0.25, -0.2) is 9.97 Å². The third-order valence-electron chi connectivity index (χ3n) is 3.28. The topological polar surface area (TPSA) is 50.3 Å². The molecular weight excluding hydrogens is 252 g/mol. The maximum absolute atomic E-state index is 5.80. The molecule has 1 unspecified atom stereocenters. The SMILES string of the molecule is Cc1cc(CNC(C)(C)C)nc(C2CN(C)CCO2)n1. The third-order valence-corrected chi connectivity index (χ3v) is 3.28. The lowest BCUT2D eigenvalue weighted by Gasteiger charge is -2.29. The minimum atomic E-state index is -0.0120. The van der Waals surface area contributed by atoms with Gasteiger partial charge < -0.3 is 15.0 Å². The summed E-state index contributed by atoms with van der Waals surface area (Å²) < 4.78 is 5.80. The van der Waals surface area contributed by atoms with E-state index in [2.05, 4.69) is 48.0 Å². The number of nitrogens with zero attached hydrogens (tertiary/aromatic N) is 3. The van der Waals surface area contributed by atoms with Gasteiger partial charge in [0.25, 0.3) is 0 Å². The van der Waals surface area contributed by atoms with Crippen LogP contribution in [0, 0.1) is 6.92 Å². The van der Waals surface area contributed by atoms with E-state index in [0.717, 1.165) is 43.5 Å². The zero-order chi connectivity index (χ0) is 14.8. The Morgan fingerprint density at radius 1 is 1.40 bits per heavy atom. The number of likely N-dealkylation sites (N-methyl/N-ethyl adjacent to an activating group) is 1. The van der Waals surface area contributed by atoms with Gasteiger partial charge in [0.15, 0.2) is 5.82 Å². The molecule has 0 saturated carbocycles. The molecule has 1 aromatic heterocycles. The maximum Gasteiger partial charge on any atom is 0.158 e. The van der Waals surface area contributed by atoms with Crippen LogP contribution in [0.25, 0.3) is 0 Å². The number of nitrogens with one attached hydrogen (secondary N) is 1. The highest BCUT2D eigenvalue weighted by Crippen LogP contribution is 2.19. The fourth-order valence-corrected chi connectivity index (χ4v) is 2.18. The van der Waals surface area contributed by atoms with Gasteiger partial charge in [-0.1, -0.05) is 0 Å². The monoisotopic (exact) mass is 278 g/mol. The van der Waals surface area contributed by atoms with E-state index < -0.39 is 0 Å². The number of hydrogen-bond acceptors (Lipinski definition) is 5. The second-order valence-electron chi connectivity index (χ2n) is 6.58. The molecule has 0 aliphatic carbocycles. The third kappa shape index (κ3) is 4.51. The summed E-state index contributed by atoms with van der Waals surface area (Å²) in [7, 11) is 2.10. The molecule has 0 bridgehead atoms. The highest BCUT2D eigenvalue weighted by atomic mass is 16.5. The molecule has 2 rings (SSSR count). The van der Waals surface area contributed by atoms with E-state index >= 15 is 0 Å². The van der Waals surface area contributed by atoms with Gasteiger partial charge in [-0.3, -0.25) is 0 Å². The standard InChI is InChI=1S/C15H26N4O/c1-11-8-12(9-16-15(2,3)4)18-14(17-11)13-10-19(5)6-7-20-13/h8,13,16H,6-7,9-10H2,1-5H3. The molecule has 20 heavy (non-hydrogen) atoms.